The number of carbonyl (C=O) groups excluding carboxylic acids is 2. The number of hydrogen-bond acceptors (Lipinski definition) is 4. The molecular weight excluding hydrogens is 246 g/mol. The summed E-state index contributed by atoms with van der Waals surface area (Å²) in [5, 5.41) is 10.2. The Morgan fingerprint density at radius 1 is 1.47 bits per heavy atom. The second kappa shape index (κ2) is 4.57. The van der Waals surface area contributed by atoms with Crippen molar-refractivity contribution >= 4 is 11.9 Å². The zero-order valence-corrected chi connectivity index (χ0v) is 11.5. The summed E-state index contributed by atoms with van der Waals surface area (Å²) in [6.07, 6.45) is 0.338. The van der Waals surface area contributed by atoms with Crippen molar-refractivity contribution in [1.29, 1.82) is 0 Å². The predicted molar refractivity (Wildman–Crippen MR) is 69.4 cm³/mol. The Bertz CT molecular complexity index is 563. The normalized spacial score (nSPS) is 17.7. The molecular formula is C14H17NO4. The van der Waals surface area contributed by atoms with Crippen LogP contribution in [0.3, 0.4) is 0 Å². The minimum absolute atomic E-state index is 0.128. The van der Waals surface area contributed by atoms with Gasteiger partial charge in [-0.15, -0.1) is 0 Å². The topological polar surface area (TPSA) is 66.8 Å². The summed E-state index contributed by atoms with van der Waals surface area (Å²) in [5.41, 5.74) is 1.84. The number of amides is 1. The number of phenolic OH excluding ortho intramolecular Hbond substituents is 1. The molecule has 0 unspecified atom stereocenters. The SMILES string of the molecule is Cc1cc(C(=O)N(C)C)c(O)c2c1C[C@@H](C)OC2=O. The molecule has 1 N–H and O–H groups in total. The summed E-state index contributed by atoms with van der Waals surface area (Å²) >= 11 is 0. The lowest BCUT2D eigenvalue weighted by atomic mass is 9.91. The van der Waals surface area contributed by atoms with Gasteiger partial charge in [-0.3, -0.25) is 4.79 Å². The van der Waals surface area contributed by atoms with Crippen LogP contribution in [0.5, 0.6) is 5.75 Å². The minimum atomic E-state index is -0.567. The number of rotatable bonds is 1. The van der Waals surface area contributed by atoms with Crippen LogP contribution in [0, 0.1) is 6.92 Å². The van der Waals surface area contributed by atoms with E-state index >= 15 is 0 Å². The lowest BCUT2D eigenvalue weighted by molar-refractivity contribution is 0.0296. The van der Waals surface area contributed by atoms with Gasteiger partial charge in [-0.25, -0.2) is 4.79 Å². The van der Waals surface area contributed by atoms with Crippen LogP contribution in [0.25, 0.3) is 0 Å². The van der Waals surface area contributed by atoms with Crippen LogP contribution in [0.1, 0.15) is 38.8 Å². The maximum absolute atomic E-state index is 12.0. The highest BCUT2D eigenvalue weighted by Gasteiger charge is 2.31. The fraction of sp³-hybridized carbons (Fsp3) is 0.429. The van der Waals surface area contributed by atoms with Crippen LogP contribution in [-0.4, -0.2) is 42.1 Å². The Balaban J connectivity index is 2.65. The van der Waals surface area contributed by atoms with Crippen molar-refractivity contribution in [2.45, 2.75) is 26.4 Å². The van der Waals surface area contributed by atoms with Gasteiger partial charge in [0.2, 0.25) is 0 Å². The second-order valence-corrected chi connectivity index (χ2v) is 5.06. The van der Waals surface area contributed by atoms with Gasteiger partial charge >= 0.3 is 5.97 Å². The van der Waals surface area contributed by atoms with Gasteiger partial charge in [0.05, 0.1) is 5.56 Å². The van der Waals surface area contributed by atoms with Gasteiger partial charge in [-0.1, -0.05) is 0 Å². The molecule has 1 aliphatic rings. The summed E-state index contributed by atoms with van der Waals surface area (Å²) < 4.78 is 5.12. The first kappa shape index (κ1) is 13.4. The highest BCUT2D eigenvalue weighted by molar-refractivity contribution is 6.03. The van der Waals surface area contributed by atoms with Gasteiger partial charge in [0.15, 0.2) is 0 Å². The number of nitrogens with zero attached hydrogens (tertiary/aromatic N) is 1. The van der Waals surface area contributed by atoms with E-state index in [1.54, 1.807) is 27.1 Å². The van der Waals surface area contributed by atoms with Crippen molar-refractivity contribution in [2.75, 3.05) is 14.1 Å². The molecule has 1 heterocycles. The van der Waals surface area contributed by atoms with Crippen molar-refractivity contribution in [2.24, 2.45) is 0 Å². The average Bonchev–Trinajstić information content (AvgIpc) is 2.31. The lowest BCUT2D eigenvalue weighted by Crippen LogP contribution is -2.28. The molecule has 1 atom stereocenters. The fourth-order valence-corrected chi connectivity index (χ4v) is 2.30. The van der Waals surface area contributed by atoms with E-state index in [4.69, 9.17) is 4.74 Å². The maximum atomic E-state index is 12.0. The molecule has 5 heteroatoms. The molecule has 1 amide bonds. The number of esters is 1. The molecule has 0 aliphatic carbocycles. The van der Waals surface area contributed by atoms with E-state index in [0.29, 0.717) is 6.42 Å². The largest absolute Gasteiger partial charge is 0.506 e. The first-order chi connectivity index (χ1) is 8.82. The van der Waals surface area contributed by atoms with Gasteiger partial charge in [-0.2, -0.15) is 0 Å². The molecule has 19 heavy (non-hydrogen) atoms. The number of ether oxygens (including phenoxy) is 1. The number of phenols is 1. The maximum Gasteiger partial charge on any atom is 0.342 e. The molecule has 102 valence electrons. The molecule has 0 spiro atoms. The zero-order valence-electron chi connectivity index (χ0n) is 11.5. The summed E-state index contributed by atoms with van der Waals surface area (Å²) in [7, 11) is 3.19. The number of hydrogen-bond donors (Lipinski definition) is 1. The standard InChI is InChI=1S/C14H17NO4/c1-7-5-10(13(17)15(3)4)12(16)11-9(7)6-8(2)19-14(11)18/h5,8,16H,6H2,1-4H3/t8-/m1/s1. The molecule has 1 aromatic rings. The summed E-state index contributed by atoms with van der Waals surface area (Å²) in [5.74, 6) is -1.19. The van der Waals surface area contributed by atoms with Crippen LogP contribution < -0.4 is 0 Å². The number of fused-ring (bicyclic) bond motifs is 1. The number of cyclic esters (lactones) is 1. The first-order valence-electron chi connectivity index (χ1n) is 6.11. The average molecular weight is 263 g/mol. The van der Waals surface area contributed by atoms with Crippen LogP contribution >= 0.6 is 0 Å². The molecule has 0 fully saturated rings. The van der Waals surface area contributed by atoms with Gasteiger partial charge in [0.25, 0.3) is 5.91 Å². The van der Waals surface area contributed by atoms with E-state index in [1.807, 2.05) is 6.92 Å². The van der Waals surface area contributed by atoms with Crippen LogP contribution in [-0.2, 0) is 11.2 Å². The second-order valence-electron chi connectivity index (χ2n) is 5.06. The van der Waals surface area contributed by atoms with Crippen molar-refractivity contribution in [1.82, 2.24) is 4.90 Å². The molecule has 1 aliphatic heterocycles. The molecule has 0 saturated carbocycles. The number of benzene rings is 1. The van der Waals surface area contributed by atoms with Gasteiger partial charge in [-0.05, 0) is 31.0 Å². The van der Waals surface area contributed by atoms with Gasteiger partial charge < -0.3 is 14.7 Å². The van der Waals surface area contributed by atoms with Gasteiger partial charge in [0, 0.05) is 20.5 Å². The smallest absolute Gasteiger partial charge is 0.342 e. The highest BCUT2D eigenvalue weighted by Crippen LogP contribution is 2.34. The summed E-state index contributed by atoms with van der Waals surface area (Å²) in [4.78, 5) is 25.3. The molecule has 1 aromatic carbocycles. The molecule has 2 rings (SSSR count). The quantitative estimate of drug-likeness (QED) is 0.780. The van der Waals surface area contributed by atoms with E-state index in [0.717, 1.165) is 11.1 Å². The van der Waals surface area contributed by atoms with Crippen molar-refractivity contribution in [3.05, 3.63) is 28.3 Å². The third-order valence-corrected chi connectivity index (χ3v) is 3.27. The third-order valence-electron chi connectivity index (χ3n) is 3.27. The third kappa shape index (κ3) is 2.16. The monoisotopic (exact) mass is 263 g/mol. The number of aromatic hydroxyl groups is 1. The number of aryl methyl sites for hydroxylation is 1. The summed E-state index contributed by atoms with van der Waals surface area (Å²) in [6, 6.07) is 1.63. The van der Waals surface area contributed by atoms with Crippen LogP contribution in [0.2, 0.25) is 0 Å². The van der Waals surface area contributed by atoms with Crippen LogP contribution in [0.4, 0.5) is 0 Å². The Morgan fingerprint density at radius 2 is 2.11 bits per heavy atom. The molecule has 0 saturated heterocycles. The van der Waals surface area contributed by atoms with E-state index in [9.17, 15) is 14.7 Å². The molecule has 0 aromatic heterocycles. The Labute approximate surface area is 111 Å². The minimum Gasteiger partial charge on any atom is -0.506 e. The molecule has 5 nitrogen and oxygen atoms in total. The van der Waals surface area contributed by atoms with E-state index in [-0.39, 0.29) is 28.9 Å². The number of carbonyl (C=O) groups is 2. The van der Waals surface area contributed by atoms with E-state index < -0.39 is 5.97 Å². The van der Waals surface area contributed by atoms with E-state index in [2.05, 4.69) is 0 Å². The molecule has 0 radical (unpaired) electrons. The van der Waals surface area contributed by atoms with Crippen molar-refractivity contribution < 1.29 is 19.4 Å². The van der Waals surface area contributed by atoms with Crippen molar-refractivity contribution in [3.8, 4) is 5.75 Å². The predicted octanol–water partition coefficient (Wildman–Crippen LogP) is 1.50. The zero-order chi connectivity index (χ0) is 14.3. The Kier molecular flexibility index (Phi) is 3.22. The van der Waals surface area contributed by atoms with Crippen molar-refractivity contribution in [3.63, 3.8) is 0 Å². The summed E-state index contributed by atoms with van der Waals surface area (Å²) in [6.45, 7) is 3.63. The Morgan fingerprint density at radius 3 is 2.68 bits per heavy atom. The fourth-order valence-electron chi connectivity index (χ4n) is 2.30. The van der Waals surface area contributed by atoms with E-state index in [1.165, 1.54) is 4.90 Å². The Hall–Kier alpha value is -2.04. The van der Waals surface area contributed by atoms with Gasteiger partial charge in [0.1, 0.15) is 17.4 Å². The highest BCUT2D eigenvalue weighted by atomic mass is 16.5. The van der Waals surface area contributed by atoms with Crippen LogP contribution in [0.15, 0.2) is 6.07 Å². The lowest BCUT2D eigenvalue weighted by Gasteiger charge is -2.25. The molecule has 0 bridgehead atoms. The first-order valence-corrected chi connectivity index (χ1v) is 6.11.